The van der Waals surface area contributed by atoms with Crippen molar-refractivity contribution in [3.8, 4) is 0 Å². The Morgan fingerprint density at radius 2 is 1.97 bits per heavy atom. The quantitative estimate of drug-likeness (QED) is 0.312. The fourth-order valence-electron chi connectivity index (χ4n) is 5.10. The van der Waals surface area contributed by atoms with Crippen LogP contribution in [0.15, 0.2) is 52.6 Å². The van der Waals surface area contributed by atoms with Crippen LogP contribution in [-0.2, 0) is 20.7 Å². The Labute approximate surface area is 225 Å². The zero-order chi connectivity index (χ0) is 27.1. The lowest BCUT2D eigenvalue weighted by atomic mass is 9.72. The smallest absolute Gasteiger partial charge is 0.408 e. The van der Waals surface area contributed by atoms with Crippen LogP contribution in [-0.4, -0.2) is 54.2 Å². The molecule has 1 aliphatic carbocycles. The zero-order valence-corrected chi connectivity index (χ0v) is 23.7. The summed E-state index contributed by atoms with van der Waals surface area (Å²) in [5.74, 6) is 1.34. The summed E-state index contributed by atoms with van der Waals surface area (Å²) in [6.45, 7) is 15.6. The molecule has 0 bridgehead atoms. The first-order valence-corrected chi connectivity index (χ1v) is 14.1. The van der Waals surface area contributed by atoms with Crippen molar-refractivity contribution in [1.82, 2.24) is 10.2 Å². The second-order valence-electron chi connectivity index (χ2n) is 10.6. The Kier molecular flexibility index (Phi) is 9.87. The number of amides is 1. The first-order chi connectivity index (χ1) is 17.6. The molecular formula is C29H41N3O4S. The summed E-state index contributed by atoms with van der Waals surface area (Å²) in [7, 11) is 0. The molecule has 37 heavy (non-hydrogen) atoms. The lowest BCUT2D eigenvalue weighted by Gasteiger charge is -2.44. The summed E-state index contributed by atoms with van der Waals surface area (Å²) in [5.41, 5.74) is 1.91. The van der Waals surface area contributed by atoms with Crippen molar-refractivity contribution in [2.75, 3.05) is 25.4 Å². The summed E-state index contributed by atoms with van der Waals surface area (Å²) in [6.07, 6.45) is 6.60. The number of alkyl carbamates (subject to hydrolysis) is 1. The van der Waals surface area contributed by atoms with E-state index < -0.39 is 5.60 Å². The predicted octanol–water partition coefficient (Wildman–Crippen LogP) is 6.02. The van der Waals surface area contributed by atoms with Gasteiger partial charge in [0.2, 0.25) is 0 Å². The summed E-state index contributed by atoms with van der Waals surface area (Å²) in [5, 5.41) is 3.21. The van der Waals surface area contributed by atoms with Crippen LogP contribution in [0, 0.1) is 5.41 Å². The van der Waals surface area contributed by atoms with Crippen LogP contribution >= 0.6 is 11.8 Å². The highest BCUT2D eigenvalue weighted by Crippen LogP contribution is 2.52. The molecule has 0 saturated carbocycles. The van der Waals surface area contributed by atoms with Gasteiger partial charge in [0.25, 0.3) is 0 Å². The van der Waals surface area contributed by atoms with E-state index in [1.807, 2.05) is 39.8 Å². The number of hydrogen-bond acceptors (Lipinski definition) is 7. The highest BCUT2D eigenvalue weighted by atomic mass is 32.2. The number of carbonyl (C=O) groups is 2. The van der Waals surface area contributed by atoms with Gasteiger partial charge in [-0.1, -0.05) is 30.8 Å². The second-order valence-corrected chi connectivity index (χ2v) is 11.8. The molecule has 1 atom stereocenters. The van der Waals surface area contributed by atoms with E-state index in [1.165, 1.54) is 22.9 Å². The molecule has 1 aliphatic heterocycles. The minimum atomic E-state index is -0.543. The van der Waals surface area contributed by atoms with Crippen LogP contribution in [0.1, 0.15) is 71.0 Å². The van der Waals surface area contributed by atoms with E-state index in [1.54, 1.807) is 13.1 Å². The van der Waals surface area contributed by atoms with E-state index in [-0.39, 0.29) is 23.5 Å². The molecule has 1 fully saturated rings. The summed E-state index contributed by atoms with van der Waals surface area (Å²) in [4.78, 5) is 32.1. The van der Waals surface area contributed by atoms with Gasteiger partial charge in [-0.05, 0) is 71.1 Å². The van der Waals surface area contributed by atoms with Crippen LogP contribution in [0.2, 0.25) is 0 Å². The molecule has 3 rings (SSSR count). The van der Waals surface area contributed by atoms with Gasteiger partial charge in [-0.15, -0.1) is 11.8 Å². The topological polar surface area (TPSA) is 80.2 Å². The maximum atomic E-state index is 12.8. The Morgan fingerprint density at radius 3 is 2.62 bits per heavy atom. The lowest BCUT2D eigenvalue weighted by Crippen LogP contribution is -2.47. The number of rotatable bonds is 9. The van der Waals surface area contributed by atoms with Crippen LogP contribution < -0.4 is 5.32 Å². The summed E-state index contributed by atoms with van der Waals surface area (Å²) < 4.78 is 10.6. The van der Waals surface area contributed by atoms with Gasteiger partial charge >= 0.3 is 12.1 Å². The second kappa shape index (κ2) is 12.7. The van der Waals surface area contributed by atoms with Gasteiger partial charge in [0.1, 0.15) is 11.4 Å². The Morgan fingerprint density at radius 1 is 1.27 bits per heavy atom. The number of fused-ring (bicyclic) bond motifs is 1. The first kappa shape index (κ1) is 28.8. The number of allylic oxidation sites excluding steroid dienone is 2. The van der Waals surface area contributed by atoms with E-state index >= 15 is 0 Å². The van der Waals surface area contributed by atoms with Crippen molar-refractivity contribution < 1.29 is 19.1 Å². The third kappa shape index (κ3) is 7.87. The number of piperidine rings is 1. The van der Waals surface area contributed by atoms with Crippen molar-refractivity contribution in [1.29, 1.82) is 0 Å². The minimum Gasteiger partial charge on any atom is -0.466 e. The number of thioether (sulfide) groups is 1. The molecule has 1 amide bonds. The molecule has 0 unspecified atom stereocenters. The number of esters is 1. The maximum Gasteiger partial charge on any atom is 0.408 e. The van der Waals surface area contributed by atoms with E-state index in [0.717, 1.165) is 43.1 Å². The first-order valence-electron chi connectivity index (χ1n) is 13.1. The molecule has 1 spiro atoms. The lowest BCUT2D eigenvalue weighted by molar-refractivity contribution is -0.142. The zero-order valence-electron chi connectivity index (χ0n) is 22.8. The molecule has 7 nitrogen and oxygen atoms in total. The molecule has 2 aliphatic rings. The largest absolute Gasteiger partial charge is 0.466 e. The molecular weight excluding hydrogens is 486 g/mol. The normalized spacial score (nSPS) is 19.1. The molecule has 1 saturated heterocycles. The third-order valence-corrected chi connectivity index (χ3v) is 7.65. The van der Waals surface area contributed by atoms with Gasteiger partial charge in [-0.2, -0.15) is 0 Å². The number of likely N-dealkylation sites (tertiary alicyclic amines) is 1. The Hall–Kier alpha value is -2.74. The van der Waals surface area contributed by atoms with Gasteiger partial charge in [-0.3, -0.25) is 4.79 Å². The van der Waals surface area contributed by atoms with Crippen molar-refractivity contribution in [3.05, 3.63) is 58.8 Å². The summed E-state index contributed by atoms with van der Waals surface area (Å²) >= 11 is 1.51. The number of benzene rings is 1. The van der Waals surface area contributed by atoms with Crippen LogP contribution in [0.4, 0.5) is 4.79 Å². The van der Waals surface area contributed by atoms with E-state index in [0.29, 0.717) is 18.8 Å². The average Bonchev–Trinajstić information content (AvgIpc) is 3.12. The van der Waals surface area contributed by atoms with E-state index in [9.17, 15) is 9.59 Å². The van der Waals surface area contributed by atoms with Gasteiger partial charge < -0.3 is 19.7 Å². The van der Waals surface area contributed by atoms with Crippen LogP contribution in [0.3, 0.4) is 0 Å². The standard InChI is InChI=1S/C29H41N3O4S/c1-7-24(30-20-21(3)37-18-13-25(33)35-8-2)32-16-14-29(15-17-32)19-22-11-9-10-12-23(22)26(29)31-27(34)36-28(4,5)6/h7,9-12,20,26H,3,8,13-19H2,1-2,4-6H3,(H,31,34)/b24-7+,30-20-/t26-/m1/s1. The highest BCUT2D eigenvalue weighted by molar-refractivity contribution is 8.03. The number of nitrogens with one attached hydrogen (secondary N) is 1. The monoisotopic (exact) mass is 527 g/mol. The van der Waals surface area contributed by atoms with Crippen molar-refractivity contribution in [2.45, 2.75) is 71.9 Å². The van der Waals surface area contributed by atoms with Crippen molar-refractivity contribution >= 4 is 30.0 Å². The SMILES string of the molecule is C=C(/C=N\C(=C/C)N1CCC2(CC1)Cc1ccccc1[C@H]2NC(=O)OC(C)(C)C)SCCC(=O)OCC. The molecule has 1 heterocycles. The number of nitrogens with zero attached hydrogens (tertiary/aromatic N) is 2. The van der Waals surface area contributed by atoms with Crippen molar-refractivity contribution in [3.63, 3.8) is 0 Å². The predicted molar refractivity (Wildman–Crippen MR) is 151 cm³/mol. The Balaban J connectivity index is 1.62. The third-order valence-electron chi connectivity index (χ3n) is 6.76. The highest BCUT2D eigenvalue weighted by Gasteiger charge is 2.48. The number of hydrogen-bond donors (Lipinski definition) is 1. The van der Waals surface area contributed by atoms with Gasteiger partial charge in [0.15, 0.2) is 0 Å². The molecule has 1 aromatic carbocycles. The van der Waals surface area contributed by atoms with Crippen LogP contribution in [0.25, 0.3) is 0 Å². The number of ether oxygens (including phenoxy) is 2. The maximum absolute atomic E-state index is 12.8. The minimum absolute atomic E-state index is 0.0494. The van der Waals surface area contributed by atoms with Crippen molar-refractivity contribution in [2.24, 2.45) is 10.4 Å². The number of aliphatic imine (C=N–C) groups is 1. The molecule has 202 valence electrons. The molecule has 1 aromatic rings. The van der Waals surface area contributed by atoms with Gasteiger partial charge in [-0.25, -0.2) is 9.79 Å². The summed E-state index contributed by atoms with van der Waals surface area (Å²) in [6, 6.07) is 8.34. The van der Waals surface area contributed by atoms with Crippen LogP contribution in [0.5, 0.6) is 0 Å². The van der Waals surface area contributed by atoms with E-state index in [4.69, 9.17) is 14.5 Å². The number of carbonyl (C=O) groups excluding carboxylic acids is 2. The van der Waals surface area contributed by atoms with Gasteiger partial charge in [0, 0.05) is 35.4 Å². The van der Waals surface area contributed by atoms with Gasteiger partial charge in [0.05, 0.1) is 19.1 Å². The van der Waals surface area contributed by atoms with E-state index in [2.05, 4.69) is 35.0 Å². The Bertz CT molecular complexity index is 1040. The average molecular weight is 528 g/mol. The molecule has 1 N–H and O–H groups in total. The molecule has 0 radical (unpaired) electrons. The fourth-order valence-corrected chi connectivity index (χ4v) is 5.76. The molecule has 0 aromatic heterocycles. The molecule has 8 heteroatoms. The fraction of sp³-hybridized carbons (Fsp3) is 0.552.